The van der Waals surface area contributed by atoms with Crippen LogP contribution in [0, 0.1) is 5.92 Å². The Balaban J connectivity index is 1.47. The van der Waals surface area contributed by atoms with Crippen LogP contribution in [0.5, 0.6) is 0 Å². The fourth-order valence-electron chi connectivity index (χ4n) is 3.12. The van der Waals surface area contributed by atoms with Gasteiger partial charge in [-0.1, -0.05) is 42.1 Å². The highest BCUT2D eigenvalue weighted by Crippen LogP contribution is 2.29. The summed E-state index contributed by atoms with van der Waals surface area (Å²) >= 11 is 0.862. The number of carbonyl (C=O) groups excluding carboxylic acids is 1. The number of carbonyl (C=O) groups is 1. The molecule has 27 heavy (non-hydrogen) atoms. The summed E-state index contributed by atoms with van der Waals surface area (Å²) in [5.74, 6) is 4.48. The van der Waals surface area contributed by atoms with E-state index in [0.717, 1.165) is 31.0 Å². The number of thioether (sulfide) groups is 1. The zero-order chi connectivity index (χ0) is 19.4. The number of nitrogen functional groups attached to an aromatic ring is 1. The quantitative estimate of drug-likeness (QED) is 0.618. The fourth-order valence-corrected chi connectivity index (χ4v) is 3.88. The van der Waals surface area contributed by atoms with Crippen molar-refractivity contribution < 1.29 is 18.0 Å². The third-order valence-corrected chi connectivity index (χ3v) is 5.51. The van der Waals surface area contributed by atoms with E-state index in [1.165, 1.54) is 5.56 Å². The highest BCUT2D eigenvalue weighted by atomic mass is 32.2. The van der Waals surface area contributed by atoms with Gasteiger partial charge in [-0.2, -0.15) is 13.2 Å². The number of alkyl halides is 3. The summed E-state index contributed by atoms with van der Waals surface area (Å²) < 4.78 is 38.3. The Morgan fingerprint density at radius 1 is 1.19 bits per heavy atom. The molecule has 0 unspecified atom stereocenters. The number of halogens is 3. The molecule has 0 spiro atoms. The number of rotatable bonds is 5. The van der Waals surface area contributed by atoms with E-state index in [1.807, 2.05) is 18.2 Å². The summed E-state index contributed by atoms with van der Waals surface area (Å²) in [6.07, 6.45) is -1.85. The maximum absolute atomic E-state index is 12.7. The maximum Gasteiger partial charge on any atom is 0.453 e. The first-order valence-electron chi connectivity index (χ1n) is 8.57. The average Bonchev–Trinajstić information content (AvgIpc) is 3.02. The molecule has 6 nitrogen and oxygen atoms in total. The van der Waals surface area contributed by atoms with Gasteiger partial charge in [-0.3, -0.25) is 4.79 Å². The van der Waals surface area contributed by atoms with E-state index in [4.69, 9.17) is 5.84 Å². The van der Waals surface area contributed by atoms with Gasteiger partial charge in [0.15, 0.2) is 0 Å². The third-order valence-electron chi connectivity index (χ3n) is 4.58. The van der Waals surface area contributed by atoms with Gasteiger partial charge in [-0.25, -0.2) is 4.68 Å². The standard InChI is InChI=1S/C17H20F3N5OS/c18-17(19,20)15-22-23-16(25(15)21)27-11-14(26)24-8-6-13(7-9-24)10-12-4-2-1-3-5-12/h1-5,13H,6-11,21H2. The van der Waals surface area contributed by atoms with Crippen LogP contribution < -0.4 is 5.84 Å². The molecule has 2 aromatic rings. The Labute approximate surface area is 158 Å². The van der Waals surface area contributed by atoms with Crippen molar-refractivity contribution in [2.24, 2.45) is 5.92 Å². The molecule has 146 valence electrons. The summed E-state index contributed by atoms with van der Waals surface area (Å²) in [5, 5.41) is 6.33. The minimum absolute atomic E-state index is 0.0173. The summed E-state index contributed by atoms with van der Waals surface area (Å²) in [4.78, 5) is 14.1. The third kappa shape index (κ3) is 4.94. The Bertz CT molecular complexity index is 773. The van der Waals surface area contributed by atoms with Crippen LogP contribution in [0.25, 0.3) is 0 Å². The molecule has 1 aliphatic rings. The lowest BCUT2D eigenvalue weighted by molar-refractivity contribution is -0.146. The predicted molar refractivity (Wildman–Crippen MR) is 95.3 cm³/mol. The molecule has 0 bridgehead atoms. The van der Waals surface area contributed by atoms with Crippen molar-refractivity contribution in [1.29, 1.82) is 0 Å². The van der Waals surface area contributed by atoms with Crippen LogP contribution in [-0.2, 0) is 17.4 Å². The molecule has 1 saturated heterocycles. The van der Waals surface area contributed by atoms with E-state index < -0.39 is 12.0 Å². The SMILES string of the molecule is Nn1c(SCC(=O)N2CCC(Cc3ccccc3)CC2)nnc1C(F)(F)F. The predicted octanol–water partition coefficient (Wildman–Crippen LogP) is 2.58. The number of amides is 1. The summed E-state index contributed by atoms with van der Waals surface area (Å²) in [7, 11) is 0. The Morgan fingerprint density at radius 3 is 2.44 bits per heavy atom. The van der Waals surface area contributed by atoms with Crippen LogP contribution in [0.2, 0.25) is 0 Å². The molecule has 1 aliphatic heterocycles. The summed E-state index contributed by atoms with van der Waals surface area (Å²) in [5.41, 5.74) is 1.29. The molecule has 0 atom stereocenters. The van der Waals surface area contributed by atoms with Crippen molar-refractivity contribution >= 4 is 17.7 Å². The summed E-state index contributed by atoms with van der Waals surface area (Å²) in [6.45, 7) is 1.31. The number of nitrogens with two attached hydrogens (primary N) is 1. The Hall–Kier alpha value is -2.23. The number of nitrogens with zero attached hydrogens (tertiary/aromatic N) is 4. The van der Waals surface area contributed by atoms with Crippen LogP contribution in [0.15, 0.2) is 35.5 Å². The van der Waals surface area contributed by atoms with E-state index >= 15 is 0 Å². The molecule has 3 rings (SSSR count). The van der Waals surface area contributed by atoms with Gasteiger partial charge in [0.1, 0.15) is 0 Å². The zero-order valence-corrected chi connectivity index (χ0v) is 15.3. The first-order chi connectivity index (χ1) is 12.8. The average molecular weight is 399 g/mol. The number of piperidine rings is 1. The summed E-state index contributed by atoms with van der Waals surface area (Å²) in [6, 6.07) is 10.2. The van der Waals surface area contributed by atoms with Crippen LogP contribution in [0.3, 0.4) is 0 Å². The second kappa shape index (κ2) is 8.20. The molecule has 2 heterocycles. The number of aromatic nitrogens is 3. The van der Waals surface area contributed by atoms with Gasteiger partial charge in [-0.05, 0) is 30.7 Å². The van der Waals surface area contributed by atoms with Crippen molar-refractivity contribution in [3.63, 3.8) is 0 Å². The number of benzene rings is 1. The van der Waals surface area contributed by atoms with Crippen molar-refractivity contribution in [2.75, 3.05) is 24.7 Å². The molecule has 10 heteroatoms. The van der Waals surface area contributed by atoms with Crippen LogP contribution >= 0.6 is 11.8 Å². The molecule has 1 aromatic carbocycles. The van der Waals surface area contributed by atoms with E-state index in [9.17, 15) is 18.0 Å². The normalized spacial score (nSPS) is 15.9. The molecule has 1 amide bonds. The molecular weight excluding hydrogens is 379 g/mol. The lowest BCUT2D eigenvalue weighted by Crippen LogP contribution is -2.39. The molecule has 0 radical (unpaired) electrons. The van der Waals surface area contributed by atoms with Crippen LogP contribution in [0.1, 0.15) is 24.2 Å². The van der Waals surface area contributed by atoms with Crippen molar-refractivity contribution in [3.8, 4) is 0 Å². The maximum atomic E-state index is 12.7. The fraction of sp³-hybridized carbons (Fsp3) is 0.471. The van der Waals surface area contributed by atoms with Crippen molar-refractivity contribution in [3.05, 3.63) is 41.7 Å². The van der Waals surface area contributed by atoms with E-state index in [1.54, 1.807) is 4.90 Å². The second-order valence-electron chi connectivity index (χ2n) is 6.48. The zero-order valence-electron chi connectivity index (χ0n) is 14.5. The van der Waals surface area contributed by atoms with E-state index in [0.29, 0.717) is 23.7 Å². The van der Waals surface area contributed by atoms with E-state index in [2.05, 4.69) is 22.3 Å². The largest absolute Gasteiger partial charge is 0.453 e. The number of hydrogen-bond acceptors (Lipinski definition) is 5. The minimum atomic E-state index is -4.68. The van der Waals surface area contributed by atoms with Gasteiger partial charge in [0, 0.05) is 13.1 Å². The molecule has 1 fully saturated rings. The molecule has 1 aromatic heterocycles. The second-order valence-corrected chi connectivity index (χ2v) is 7.42. The van der Waals surface area contributed by atoms with Crippen molar-refractivity contribution in [2.45, 2.75) is 30.6 Å². The molecular formula is C17H20F3N5OS. The number of hydrogen-bond donors (Lipinski definition) is 1. The first-order valence-corrected chi connectivity index (χ1v) is 9.55. The smallest absolute Gasteiger partial charge is 0.342 e. The number of likely N-dealkylation sites (tertiary alicyclic amines) is 1. The molecule has 0 aliphatic carbocycles. The minimum Gasteiger partial charge on any atom is -0.342 e. The Morgan fingerprint density at radius 2 is 1.85 bits per heavy atom. The Kier molecular flexibility index (Phi) is 5.93. The van der Waals surface area contributed by atoms with E-state index in [-0.39, 0.29) is 16.8 Å². The topological polar surface area (TPSA) is 77.0 Å². The van der Waals surface area contributed by atoms with Crippen LogP contribution in [0.4, 0.5) is 13.2 Å². The first kappa shape index (κ1) is 19.5. The highest BCUT2D eigenvalue weighted by molar-refractivity contribution is 7.99. The van der Waals surface area contributed by atoms with Crippen molar-refractivity contribution in [1.82, 2.24) is 19.8 Å². The van der Waals surface area contributed by atoms with Gasteiger partial charge in [0.05, 0.1) is 5.75 Å². The van der Waals surface area contributed by atoms with Crippen LogP contribution in [-0.4, -0.2) is 44.5 Å². The monoisotopic (exact) mass is 399 g/mol. The van der Waals surface area contributed by atoms with Gasteiger partial charge in [0.25, 0.3) is 5.82 Å². The molecule has 0 saturated carbocycles. The van der Waals surface area contributed by atoms with Gasteiger partial charge in [-0.15, -0.1) is 10.2 Å². The lowest BCUT2D eigenvalue weighted by atomic mass is 9.90. The lowest BCUT2D eigenvalue weighted by Gasteiger charge is -2.32. The van der Waals surface area contributed by atoms with Gasteiger partial charge in [0.2, 0.25) is 11.1 Å². The van der Waals surface area contributed by atoms with Gasteiger partial charge >= 0.3 is 6.18 Å². The highest BCUT2D eigenvalue weighted by Gasteiger charge is 2.38. The van der Waals surface area contributed by atoms with Gasteiger partial charge < -0.3 is 10.7 Å². The molecule has 2 N–H and O–H groups in total.